The van der Waals surface area contributed by atoms with Crippen LogP contribution in [0.15, 0.2) is 16.5 Å². The van der Waals surface area contributed by atoms with Gasteiger partial charge in [0.15, 0.2) is 0 Å². The third-order valence-electron chi connectivity index (χ3n) is 6.02. The first-order valence-corrected chi connectivity index (χ1v) is 9.77. The van der Waals surface area contributed by atoms with E-state index in [0.717, 1.165) is 63.4 Å². The van der Waals surface area contributed by atoms with Crippen LogP contribution >= 0.6 is 0 Å². The van der Waals surface area contributed by atoms with Crippen LogP contribution in [0.2, 0.25) is 0 Å². The number of furan rings is 1. The molecule has 1 spiro atoms. The molecule has 1 saturated carbocycles. The molecule has 2 saturated heterocycles. The average Bonchev–Trinajstić information content (AvgIpc) is 3.32. The van der Waals surface area contributed by atoms with Crippen LogP contribution in [0.4, 0.5) is 0 Å². The number of hydrogen-bond acceptors (Lipinski definition) is 3. The van der Waals surface area contributed by atoms with Crippen LogP contribution in [0.25, 0.3) is 0 Å². The molecule has 132 valence electrons. The molecule has 3 fully saturated rings. The highest BCUT2D eigenvalue weighted by Gasteiger charge is 2.45. The Morgan fingerprint density at radius 2 is 2.04 bits per heavy atom. The van der Waals surface area contributed by atoms with Crippen molar-refractivity contribution in [1.29, 1.82) is 0 Å². The summed E-state index contributed by atoms with van der Waals surface area (Å²) >= 11 is 0. The molecule has 4 heteroatoms. The molecular formula is C20H30N2O2. The first-order valence-electron chi connectivity index (χ1n) is 9.77. The van der Waals surface area contributed by atoms with Gasteiger partial charge in [0.2, 0.25) is 5.91 Å². The van der Waals surface area contributed by atoms with Gasteiger partial charge in [0.25, 0.3) is 0 Å². The molecule has 2 aliphatic heterocycles. The van der Waals surface area contributed by atoms with E-state index < -0.39 is 0 Å². The third kappa shape index (κ3) is 3.39. The number of hydrogen-bond donors (Lipinski definition) is 0. The van der Waals surface area contributed by atoms with E-state index in [1.807, 2.05) is 0 Å². The Bertz CT molecular complexity index is 592. The summed E-state index contributed by atoms with van der Waals surface area (Å²) in [6.45, 7) is 6.37. The molecule has 1 aromatic heterocycles. The molecule has 1 atom stereocenters. The molecule has 1 aromatic rings. The summed E-state index contributed by atoms with van der Waals surface area (Å²) < 4.78 is 5.98. The maximum absolute atomic E-state index is 12.2. The van der Waals surface area contributed by atoms with Gasteiger partial charge >= 0.3 is 0 Å². The van der Waals surface area contributed by atoms with E-state index in [-0.39, 0.29) is 0 Å². The van der Waals surface area contributed by atoms with Crippen molar-refractivity contribution in [1.82, 2.24) is 9.80 Å². The highest BCUT2D eigenvalue weighted by molar-refractivity contribution is 5.78. The number of amides is 1. The van der Waals surface area contributed by atoms with Gasteiger partial charge in [-0.05, 0) is 57.2 Å². The van der Waals surface area contributed by atoms with Crippen LogP contribution in [0.1, 0.15) is 63.4 Å². The topological polar surface area (TPSA) is 36.7 Å². The molecule has 0 bridgehead atoms. The van der Waals surface area contributed by atoms with Gasteiger partial charge in [-0.1, -0.05) is 6.92 Å². The van der Waals surface area contributed by atoms with Gasteiger partial charge in [0.05, 0.1) is 6.54 Å². The van der Waals surface area contributed by atoms with E-state index in [0.29, 0.717) is 17.4 Å². The normalized spacial score (nSPS) is 28.7. The molecule has 0 N–H and O–H groups in total. The third-order valence-corrected chi connectivity index (χ3v) is 6.02. The van der Waals surface area contributed by atoms with E-state index in [9.17, 15) is 4.79 Å². The lowest BCUT2D eigenvalue weighted by Gasteiger charge is -2.48. The lowest BCUT2D eigenvalue weighted by Crippen LogP contribution is -2.54. The van der Waals surface area contributed by atoms with E-state index in [4.69, 9.17) is 4.42 Å². The highest BCUT2D eigenvalue weighted by atomic mass is 16.3. The number of piperidine rings is 2. The van der Waals surface area contributed by atoms with Crippen LogP contribution in [0.5, 0.6) is 0 Å². The maximum atomic E-state index is 12.2. The molecule has 0 aromatic carbocycles. The number of nitrogens with zero attached hydrogens (tertiary/aromatic N) is 2. The number of carbonyl (C=O) groups is 1. The molecule has 1 aliphatic carbocycles. The van der Waals surface area contributed by atoms with Crippen molar-refractivity contribution >= 4 is 5.91 Å². The number of carbonyl (C=O) groups excluding carboxylic acids is 1. The van der Waals surface area contributed by atoms with Crippen molar-refractivity contribution in [2.45, 2.75) is 70.9 Å². The van der Waals surface area contributed by atoms with Crippen molar-refractivity contribution < 1.29 is 9.21 Å². The van der Waals surface area contributed by atoms with Crippen LogP contribution in [0, 0.1) is 5.41 Å². The minimum atomic E-state index is 0.327. The van der Waals surface area contributed by atoms with E-state index in [1.165, 1.54) is 25.7 Å². The second kappa shape index (κ2) is 6.55. The summed E-state index contributed by atoms with van der Waals surface area (Å²) in [6.07, 6.45) is 8.95. The van der Waals surface area contributed by atoms with Crippen molar-refractivity contribution in [3.8, 4) is 0 Å². The first kappa shape index (κ1) is 16.2. The summed E-state index contributed by atoms with van der Waals surface area (Å²) in [5, 5.41) is 0. The van der Waals surface area contributed by atoms with Crippen LogP contribution in [0.3, 0.4) is 0 Å². The first-order chi connectivity index (χ1) is 11.7. The molecule has 0 unspecified atom stereocenters. The van der Waals surface area contributed by atoms with Crippen LogP contribution < -0.4 is 0 Å². The zero-order chi connectivity index (χ0) is 16.6. The van der Waals surface area contributed by atoms with Gasteiger partial charge in [0.1, 0.15) is 11.5 Å². The smallest absolute Gasteiger partial charge is 0.222 e. The van der Waals surface area contributed by atoms with Crippen molar-refractivity contribution in [3.63, 3.8) is 0 Å². The molecular weight excluding hydrogens is 300 g/mol. The Labute approximate surface area is 145 Å². The van der Waals surface area contributed by atoms with Gasteiger partial charge in [-0.2, -0.15) is 0 Å². The second-order valence-corrected chi connectivity index (χ2v) is 8.19. The van der Waals surface area contributed by atoms with E-state index in [2.05, 4.69) is 28.9 Å². The second-order valence-electron chi connectivity index (χ2n) is 8.19. The van der Waals surface area contributed by atoms with Gasteiger partial charge in [-0.25, -0.2) is 0 Å². The van der Waals surface area contributed by atoms with Crippen molar-refractivity contribution in [2.75, 3.05) is 19.6 Å². The minimum absolute atomic E-state index is 0.327. The Morgan fingerprint density at radius 1 is 1.21 bits per heavy atom. The summed E-state index contributed by atoms with van der Waals surface area (Å²) in [6, 6.07) is 4.84. The predicted octanol–water partition coefficient (Wildman–Crippen LogP) is 3.60. The summed E-state index contributed by atoms with van der Waals surface area (Å²) in [4.78, 5) is 17.0. The van der Waals surface area contributed by atoms with Crippen molar-refractivity contribution in [2.24, 2.45) is 5.41 Å². The molecule has 1 amide bonds. The van der Waals surface area contributed by atoms with Crippen molar-refractivity contribution in [3.05, 3.63) is 23.7 Å². The maximum Gasteiger partial charge on any atom is 0.222 e. The Hall–Kier alpha value is -1.29. The molecule has 3 heterocycles. The summed E-state index contributed by atoms with van der Waals surface area (Å²) in [5.74, 6) is 2.61. The monoisotopic (exact) mass is 330 g/mol. The minimum Gasteiger partial charge on any atom is -0.465 e. The van der Waals surface area contributed by atoms with E-state index in [1.54, 1.807) is 0 Å². The molecule has 0 radical (unpaired) electrons. The molecule has 24 heavy (non-hydrogen) atoms. The SMILES string of the molecule is CCCc1ccc(CN2CCC[C@@]3(CCC(=O)N(C4CC4)C3)C2)o1. The molecule has 3 aliphatic rings. The fourth-order valence-electron chi connectivity index (χ4n) is 4.65. The zero-order valence-corrected chi connectivity index (χ0v) is 14.9. The standard InChI is InChI=1S/C20H30N2O2/c1-2-4-17-7-8-18(24-17)13-21-12-3-10-20(14-21)11-9-19(23)22(15-20)16-5-6-16/h7-8,16H,2-6,9-15H2,1H3/t20-/m1/s1. The lowest BCUT2D eigenvalue weighted by molar-refractivity contribution is -0.140. The van der Waals surface area contributed by atoms with Crippen LogP contribution in [-0.4, -0.2) is 41.4 Å². The van der Waals surface area contributed by atoms with Gasteiger partial charge in [-0.3, -0.25) is 9.69 Å². The predicted molar refractivity (Wildman–Crippen MR) is 93.6 cm³/mol. The quantitative estimate of drug-likeness (QED) is 0.828. The Kier molecular flexibility index (Phi) is 4.42. The van der Waals surface area contributed by atoms with E-state index >= 15 is 0 Å². The lowest BCUT2D eigenvalue weighted by atomic mass is 9.73. The fraction of sp³-hybridized carbons (Fsp3) is 0.750. The highest BCUT2D eigenvalue weighted by Crippen LogP contribution is 2.42. The molecule has 4 nitrogen and oxygen atoms in total. The number of rotatable bonds is 5. The average molecular weight is 330 g/mol. The van der Waals surface area contributed by atoms with Crippen LogP contribution in [-0.2, 0) is 17.8 Å². The van der Waals surface area contributed by atoms with Gasteiger partial charge in [-0.15, -0.1) is 0 Å². The summed E-state index contributed by atoms with van der Waals surface area (Å²) in [5.41, 5.74) is 0.327. The molecule has 4 rings (SSSR count). The summed E-state index contributed by atoms with van der Waals surface area (Å²) in [7, 11) is 0. The number of aryl methyl sites for hydroxylation is 1. The zero-order valence-electron chi connectivity index (χ0n) is 14.9. The Morgan fingerprint density at radius 3 is 2.83 bits per heavy atom. The van der Waals surface area contributed by atoms with Gasteiger partial charge < -0.3 is 9.32 Å². The Balaban J connectivity index is 1.40. The number of likely N-dealkylation sites (tertiary alicyclic amines) is 2. The fourth-order valence-corrected chi connectivity index (χ4v) is 4.65. The van der Waals surface area contributed by atoms with Gasteiger partial charge in [0, 0.05) is 37.4 Å². The largest absolute Gasteiger partial charge is 0.465 e.